The highest BCUT2D eigenvalue weighted by Gasteiger charge is 2.21. The van der Waals surface area contributed by atoms with Crippen LogP contribution in [-0.4, -0.2) is 41.3 Å². The zero-order chi connectivity index (χ0) is 20.1. The Kier molecular flexibility index (Phi) is 6.96. The smallest absolute Gasteiger partial charge is 0.254 e. The second kappa shape index (κ2) is 9.43. The average Bonchev–Trinajstić information content (AvgIpc) is 3.23. The van der Waals surface area contributed by atoms with Gasteiger partial charge >= 0.3 is 0 Å². The Morgan fingerprint density at radius 3 is 2.25 bits per heavy atom. The van der Waals surface area contributed by atoms with E-state index in [1.54, 1.807) is 19.1 Å². The molecule has 2 aromatic rings. The maximum atomic E-state index is 13.7. The Morgan fingerprint density at radius 2 is 1.68 bits per heavy atom. The first kappa shape index (κ1) is 20.7. The van der Waals surface area contributed by atoms with Crippen molar-refractivity contribution in [2.45, 2.75) is 11.5 Å². The molecule has 0 saturated carbocycles. The molecule has 0 spiro atoms. The summed E-state index contributed by atoms with van der Waals surface area (Å²) in [4.78, 5) is 26.3. The van der Waals surface area contributed by atoms with Gasteiger partial charge in [-0.05, 0) is 36.8 Å². The maximum absolute atomic E-state index is 13.7. The largest absolute Gasteiger partial charge is 0.330 e. The lowest BCUT2D eigenvalue weighted by Crippen LogP contribution is -2.38. The zero-order valence-corrected chi connectivity index (χ0v) is 16.9. The topological polar surface area (TPSA) is 49.4 Å². The van der Waals surface area contributed by atoms with E-state index in [9.17, 15) is 18.4 Å². The predicted molar refractivity (Wildman–Crippen MR) is 111 cm³/mol. The number of benzene rings is 2. The van der Waals surface area contributed by atoms with Gasteiger partial charge in [0.05, 0.1) is 4.58 Å². The van der Waals surface area contributed by atoms with E-state index >= 15 is 0 Å². The molecule has 0 radical (unpaired) electrons. The van der Waals surface area contributed by atoms with E-state index in [4.69, 9.17) is 0 Å². The molecule has 0 aromatic heterocycles. The molecule has 8 heteroatoms. The number of nitrogens with zero attached hydrogens (tertiary/aromatic N) is 1. The van der Waals surface area contributed by atoms with Crippen LogP contribution in [0.3, 0.4) is 0 Å². The molecule has 1 heterocycles. The number of anilines is 1. The molecule has 0 aliphatic carbocycles. The number of rotatable bonds is 6. The van der Waals surface area contributed by atoms with Crippen LogP contribution in [0.25, 0.3) is 0 Å². The Bertz CT molecular complexity index is 836. The number of carbonyl (C=O) groups excluding carboxylic acids is 2. The van der Waals surface area contributed by atoms with Crippen LogP contribution in [0.4, 0.5) is 14.5 Å². The van der Waals surface area contributed by atoms with Gasteiger partial charge < -0.3 is 10.2 Å². The number of thioether (sulfide) groups is 2. The fraction of sp³-hybridized carbons (Fsp3) is 0.300. The first-order valence-electron chi connectivity index (χ1n) is 8.86. The lowest BCUT2D eigenvalue weighted by molar-refractivity contribution is -0.116. The van der Waals surface area contributed by atoms with Crippen LogP contribution in [0.5, 0.6) is 0 Å². The number of para-hydroxylation sites is 1. The molecule has 2 aromatic carbocycles. The van der Waals surface area contributed by atoms with Crippen LogP contribution in [0, 0.1) is 11.6 Å². The molecule has 1 fully saturated rings. The summed E-state index contributed by atoms with van der Waals surface area (Å²) in [5.41, 5.74) is 1.13. The van der Waals surface area contributed by atoms with E-state index in [1.165, 1.54) is 16.5 Å². The minimum atomic E-state index is -0.860. The van der Waals surface area contributed by atoms with Crippen molar-refractivity contribution in [3.05, 3.63) is 65.2 Å². The monoisotopic (exact) mass is 422 g/mol. The van der Waals surface area contributed by atoms with Crippen LogP contribution in [0.2, 0.25) is 0 Å². The number of carbonyl (C=O) groups is 2. The molecular formula is C20H20F2N2O2S2. The molecule has 0 atom stereocenters. The standard InChI is InChI=1S/C20H20F2N2O2S2/c1-2-24(12-17(25)23-18-15(21)4-3-5-16(18)22)19(26)13-6-8-14(9-7-13)20-27-10-11-28-20/h3-9,20H,2,10-12H2,1H3,(H,23,25). The number of halogens is 2. The Morgan fingerprint density at radius 1 is 1.07 bits per heavy atom. The molecule has 3 rings (SSSR count). The van der Waals surface area contributed by atoms with E-state index in [0.29, 0.717) is 16.7 Å². The molecule has 148 valence electrons. The number of hydrogen-bond acceptors (Lipinski definition) is 4. The summed E-state index contributed by atoms with van der Waals surface area (Å²) in [5, 5.41) is 2.21. The van der Waals surface area contributed by atoms with Gasteiger partial charge in [-0.2, -0.15) is 0 Å². The van der Waals surface area contributed by atoms with Crippen LogP contribution in [0.1, 0.15) is 27.4 Å². The molecule has 28 heavy (non-hydrogen) atoms. The first-order chi connectivity index (χ1) is 13.5. The number of nitrogens with one attached hydrogen (secondary N) is 1. The van der Waals surface area contributed by atoms with Crippen molar-refractivity contribution < 1.29 is 18.4 Å². The van der Waals surface area contributed by atoms with Crippen LogP contribution < -0.4 is 5.32 Å². The van der Waals surface area contributed by atoms with Gasteiger partial charge in [0.15, 0.2) is 0 Å². The summed E-state index contributed by atoms with van der Waals surface area (Å²) in [6, 6.07) is 10.7. The molecule has 0 unspecified atom stereocenters. The van der Waals surface area contributed by atoms with E-state index in [0.717, 1.165) is 23.6 Å². The molecule has 2 amide bonds. The Labute approximate surface area is 171 Å². The van der Waals surface area contributed by atoms with E-state index in [1.807, 2.05) is 35.7 Å². The number of amides is 2. The Balaban J connectivity index is 1.65. The maximum Gasteiger partial charge on any atom is 0.254 e. The summed E-state index contributed by atoms with van der Waals surface area (Å²) >= 11 is 3.77. The molecule has 4 nitrogen and oxygen atoms in total. The third kappa shape index (κ3) is 4.86. The van der Waals surface area contributed by atoms with Gasteiger partial charge in [-0.3, -0.25) is 9.59 Å². The van der Waals surface area contributed by atoms with Gasteiger partial charge in [-0.25, -0.2) is 8.78 Å². The third-order valence-electron chi connectivity index (χ3n) is 4.28. The van der Waals surface area contributed by atoms with Gasteiger partial charge in [0.25, 0.3) is 5.91 Å². The van der Waals surface area contributed by atoms with E-state index in [2.05, 4.69) is 5.32 Å². The van der Waals surface area contributed by atoms with Crippen molar-refractivity contribution in [1.29, 1.82) is 0 Å². The minimum absolute atomic E-state index is 0.292. The first-order valence-corrected chi connectivity index (χ1v) is 11.0. The number of hydrogen-bond donors (Lipinski definition) is 1. The summed E-state index contributed by atoms with van der Waals surface area (Å²) in [7, 11) is 0. The van der Waals surface area contributed by atoms with Crippen LogP contribution in [0.15, 0.2) is 42.5 Å². The van der Waals surface area contributed by atoms with Gasteiger partial charge in [0.1, 0.15) is 23.9 Å². The lowest BCUT2D eigenvalue weighted by atomic mass is 10.1. The molecule has 1 aliphatic rings. The van der Waals surface area contributed by atoms with Crippen molar-refractivity contribution in [3.63, 3.8) is 0 Å². The molecular weight excluding hydrogens is 402 g/mol. The zero-order valence-electron chi connectivity index (χ0n) is 15.3. The quantitative estimate of drug-likeness (QED) is 0.742. The molecule has 1 aliphatic heterocycles. The van der Waals surface area contributed by atoms with Gasteiger partial charge in [0, 0.05) is 23.6 Å². The highest BCUT2D eigenvalue weighted by molar-refractivity contribution is 8.19. The van der Waals surface area contributed by atoms with Gasteiger partial charge in [0.2, 0.25) is 5.91 Å². The summed E-state index contributed by atoms with van der Waals surface area (Å²) in [6.07, 6.45) is 0. The van der Waals surface area contributed by atoms with Crippen molar-refractivity contribution in [2.24, 2.45) is 0 Å². The minimum Gasteiger partial charge on any atom is -0.330 e. The average molecular weight is 423 g/mol. The summed E-state index contributed by atoms with van der Waals surface area (Å²) in [6.45, 7) is 1.75. The van der Waals surface area contributed by atoms with Gasteiger partial charge in [-0.1, -0.05) is 18.2 Å². The van der Waals surface area contributed by atoms with Crippen LogP contribution in [-0.2, 0) is 4.79 Å². The highest BCUT2D eigenvalue weighted by atomic mass is 32.2. The molecule has 0 bridgehead atoms. The van der Waals surface area contributed by atoms with E-state index in [-0.39, 0.29) is 12.5 Å². The number of likely N-dealkylation sites (N-methyl/N-ethyl adjacent to an activating group) is 1. The normalized spacial score (nSPS) is 14.1. The van der Waals surface area contributed by atoms with Crippen molar-refractivity contribution in [3.8, 4) is 0 Å². The van der Waals surface area contributed by atoms with Crippen molar-refractivity contribution in [1.82, 2.24) is 4.90 Å². The highest BCUT2D eigenvalue weighted by Crippen LogP contribution is 2.45. The van der Waals surface area contributed by atoms with Gasteiger partial charge in [-0.15, -0.1) is 23.5 Å². The molecule has 1 saturated heterocycles. The van der Waals surface area contributed by atoms with Crippen molar-refractivity contribution >= 4 is 41.0 Å². The Hall–Kier alpha value is -2.06. The predicted octanol–water partition coefficient (Wildman–Crippen LogP) is 4.54. The summed E-state index contributed by atoms with van der Waals surface area (Å²) in [5.74, 6) is -0.434. The second-order valence-corrected chi connectivity index (χ2v) is 8.88. The van der Waals surface area contributed by atoms with Crippen LogP contribution >= 0.6 is 23.5 Å². The fourth-order valence-electron chi connectivity index (χ4n) is 2.81. The fourth-order valence-corrected chi connectivity index (χ4v) is 5.67. The third-order valence-corrected chi connectivity index (χ3v) is 7.39. The van der Waals surface area contributed by atoms with E-state index < -0.39 is 23.2 Å². The summed E-state index contributed by atoms with van der Waals surface area (Å²) < 4.78 is 27.8. The molecule has 1 N–H and O–H groups in total. The lowest BCUT2D eigenvalue weighted by Gasteiger charge is -2.21. The SMILES string of the molecule is CCN(CC(=O)Nc1c(F)cccc1F)C(=O)c1ccc(C2SCCS2)cc1. The second-order valence-electron chi connectivity index (χ2n) is 6.16. The van der Waals surface area contributed by atoms with Crippen molar-refractivity contribution in [2.75, 3.05) is 29.9 Å².